The highest BCUT2D eigenvalue weighted by molar-refractivity contribution is 7.89. The maximum atomic E-state index is 13.0. The molecule has 1 saturated heterocycles. The van der Waals surface area contributed by atoms with Gasteiger partial charge in [-0.05, 0) is 49.6 Å². The Labute approximate surface area is 179 Å². The molecule has 0 unspecified atom stereocenters. The van der Waals surface area contributed by atoms with Gasteiger partial charge in [0, 0.05) is 25.3 Å². The molecule has 0 aliphatic carbocycles. The first-order chi connectivity index (χ1) is 14.4. The fourth-order valence-corrected chi connectivity index (χ4v) is 5.72. The molecule has 30 heavy (non-hydrogen) atoms. The third kappa shape index (κ3) is 4.91. The van der Waals surface area contributed by atoms with Gasteiger partial charge < -0.3 is 5.32 Å². The van der Waals surface area contributed by atoms with Gasteiger partial charge in [-0.15, -0.1) is 0 Å². The van der Waals surface area contributed by atoms with Crippen LogP contribution >= 0.6 is 0 Å². The van der Waals surface area contributed by atoms with E-state index in [-0.39, 0.29) is 16.8 Å². The minimum absolute atomic E-state index is 0.0847. The Morgan fingerprint density at radius 1 is 1.13 bits per heavy atom. The zero-order chi connectivity index (χ0) is 21.7. The SMILES string of the molecule is CCN(CC)S(=O)(=O)c1cc(NC(=O)[C@@H]2CCCN2Cc2ccccc2)ccc1C. The zero-order valence-corrected chi connectivity index (χ0v) is 18.8. The van der Waals surface area contributed by atoms with E-state index in [0.29, 0.717) is 24.3 Å². The number of carbonyl (C=O) groups is 1. The van der Waals surface area contributed by atoms with Gasteiger partial charge in [-0.1, -0.05) is 50.2 Å². The first-order valence-corrected chi connectivity index (χ1v) is 12.0. The molecule has 1 atom stereocenters. The number of sulfonamides is 1. The standard InChI is InChI=1S/C23H31N3O3S/c1-4-26(5-2)30(28,29)22-16-20(14-13-18(22)3)24-23(27)21-12-9-15-25(21)17-19-10-7-6-8-11-19/h6-8,10-11,13-14,16,21H,4-5,9,12,15,17H2,1-3H3,(H,24,27)/t21-/m0/s1. The number of amides is 1. The average molecular weight is 430 g/mol. The van der Waals surface area contributed by atoms with Crippen LogP contribution in [0.3, 0.4) is 0 Å². The van der Waals surface area contributed by atoms with E-state index in [9.17, 15) is 13.2 Å². The third-order valence-corrected chi connectivity index (χ3v) is 7.87. The first-order valence-electron chi connectivity index (χ1n) is 10.6. The monoisotopic (exact) mass is 429 g/mol. The Bertz CT molecular complexity index is 972. The molecule has 0 bridgehead atoms. The van der Waals surface area contributed by atoms with Crippen molar-refractivity contribution >= 4 is 21.6 Å². The molecule has 0 aromatic heterocycles. The number of benzene rings is 2. The number of nitrogens with zero attached hydrogens (tertiary/aromatic N) is 2. The fourth-order valence-electron chi connectivity index (χ4n) is 4.01. The van der Waals surface area contributed by atoms with Gasteiger partial charge >= 0.3 is 0 Å². The summed E-state index contributed by atoms with van der Waals surface area (Å²) >= 11 is 0. The van der Waals surface area contributed by atoms with Gasteiger partial charge in [0.15, 0.2) is 0 Å². The van der Waals surface area contributed by atoms with E-state index in [4.69, 9.17) is 0 Å². The van der Waals surface area contributed by atoms with Crippen LogP contribution in [0.2, 0.25) is 0 Å². The highest BCUT2D eigenvalue weighted by Gasteiger charge is 2.31. The van der Waals surface area contributed by atoms with Crippen molar-refractivity contribution in [2.45, 2.75) is 51.1 Å². The Hall–Kier alpha value is -2.22. The zero-order valence-electron chi connectivity index (χ0n) is 18.0. The third-order valence-electron chi connectivity index (χ3n) is 5.67. The van der Waals surface area contributed by atoms with Crippen LogP contribution in [0.4, 0.5) is 5.69 Å². The summed E-state index contributed by atoms with van der Waals surface area (Å²) in [4.78, 5) is 15.4. The predicted molar refractivity (Wildman–Crippen MR) is 120 cm³/mol. The molecule has 0 spiro atoms. The van der Waals surface area contributed by atoms with Gasteiger partial charge in [-0.25, -0.2) is 8.42 Å². The summed E-state index contributed by atoms with van der Waals surface area (Å²) < 4.78 is 27.4. The molecule has 1 aliphatic heterocycles. The topological polar surface area (TPSA) is 69.7 Å². The van der Waals surface area contributed by atoms with E-state index < -0.39 is 10.0 Å². The van der Waals surface area contributed by atoms with E-state index in [1.54, 1.807) is 25.1 Å². The van der Waals surface area contributed by atoms with Crippen LogP contribution in [0.25, 0.3) is 0 Å². The van der Waals surface area contributed by atoms with Gasteiger partial charge in [0.1, 0.15) is 0 Å². The summed E-state index contributed by atoms with van der Waals surface area (Å²) in [6, 6.07) is 15.0. The number of aryl methyl sites for hydroxylation is 1. The molecule has 0 radical (unpaired) electrons. The highest BCUT2D eigenvalue weighted by Crippen LogP contribution is 2.25. The normalized spacial score (nSPS) is 17.4. The summed E-state index contributed by atoms with van der Waals surface area (Å²) in [6.45, 7) is 7.85. The number of hydrogen-bond donors (Lipinski definition) is 1. The maximum absolute atomic E-state index is 13.0. The molecule has 7 heteroatoms. The second kappa shape index (κ2) is 9.73. The molecule has 2 aromatic rings. The van der Waals surface area contributed by atoms with E-state index in [0.717, 1.165) is 25.9 Å². The van der Waals surface area contributed by atoms with Crippen LogP contribution < -0.4 is 5.32 Å². The minimum Gasteiger partial charge on any atom is -0.325 e. The summed E-state index contributed by atoms with van der Waals surface area (Å²) in [6.07, 6.45) is 1.77. The van der Waals surface area contributed by atoms with Crippen molar-refractivity contribution in [2.75, 3.05) is 25.0 Å². The van der Waals surface area contributed by atoms with Crippen molar-refractivity contribution < 1.29 is 13.2 Å². The summed E-state index contributed by atoms with van der Waals surface area (Å²) in [5, 5.41) is 2.95. The lowest BCUT2D eigenvalue weighted by molar-refractivity contribution is -0.120. The summed E-state index contributed by atoms with van der Waals surface area (Å²) in [5.41, 5.74) is 2.37. The molecular formula is C23H31N3O3S. The molecule has 1 fully saturated rings. The van der Waals surface area contributed by atoms with E-state index in [1.807, 2.05) is 32.0 Å². The molecule has 1 N–H and O–H groups in total. The number of rotatable bonds is 8. The van der Waals surface area contributed by atoms with Crippen molar-refractivity contribution in [1.29, 1.82) is 0 Å². The Balaban J connectivity index is 1.76. The van der Waals surface area contributed by atoms with Crippen LogP contribution in [0.15, 0.2) is 53.4 Å². The molecule has 2 aromatic carbocycles. The molecular weight excluding hydrogens is 398 g/mol. The number of hydrogen-bond acceptors (Lipinski definition) is 4. The van der Waals surface area contributed by atoms with Gasteiger partial charge in [0.25, 0.3) is 0 Å². The van der Waals surface area contributed by atoms with Gasteiger partial charge in [-0.3, -0.25) is 9.69 Å². The molecule has 6 nitrogen and oxygen atoms in total. The highest BCUT2D eigenvalue weighted by atomic mass is 32.2. The Morgan fingerprint density at radius 3 is 2.50 bits per heavy atom. The molecule has 3 rings (SSSR count). The lowest BCUT2D eigenvalue weighted by atomic mass is 10.1. The smallest absolute Gasteiger partial charge is 0.243 e. The number of nitrogens with one attached hydrogen (secondary N) is 1. The number of anilines is 1. The quantitative estimate of drug-likeness (QED) is 0.696. The minimum atomic E-state index is -3.59. The second-order valence-electron chi connectivity index (χ2n) is 7.67. The Morgan fingerprint density at radius 2 is 1.83 bits per heavy atom. The van der Waals surface area contributed by atoms with E-state index in [2.05, 4.69) is 22.3 Å². The van der Waals surface area contributed by atoms with Crippen molar-refractivity contribution in [3.63, 3.8) is 0 Å². The van der Waals surface area contributed by atoms with Crippen LogP contribution in [0, 0.1) is 6.92 Å². The molecule has 0 saturated carbocycles. The summed E-state index contributed by atoms with van der Waals surface area (Å²) in [7, 11) is -3.59. The first kappa shape index (κ1) is 22.5. The molecule has 1 aliphatic rings. The average Bonchev–Trinajstić information content (AvgIpc) is 3.19. The van der Waals surface area contributed by atoms with Crippen LogP contribution in [-0.4, -0.2) is 49.2 Å². The molecule has 1 amide bonds. The second-order valence-corrected chi connectivity index (χ2v) is 9.58. The van der Waals surface area contributed by atoms with Crippen LogP contribution in [0.5, 0.6) is 0 Å². The van der Waals surface area contributed by atoms with Crippen molar-refractivity contribution in [1.82, 2.24) is 9.21 Å². The van der Waals surface area contributed by atoms with Gasteiger partial charge in [0.2, 0.25) is 15.9 Å². The van der Waals surface area contributed by atoms with E-state index >= 15 is 0 Å². The lowest BCUT2D eigenvalue weighted by Crippen LogP contribution is -2.39. The number of carbonyl (C=O) groups excluding carboxylic acids is 1. The van der Waals surface area contributed by atoms with E-state index in [1.165, 1.54) is 9.87 Å². The lowest BCUT2D eigenvalue weighted by Gasteiger charge is -2.24. The summed E-state index contributed by atoms with van der Waals surface area (Å²) in [5.74, 6) is -0.0847. The predicted octanol–water partition coefficient (Wildman–Crippen LogP) is 3.63. The van der Waals surface area contributed by atoms with Crippen molar-refractivity contribution in [2.24, 2.45) is 0 Å². The van der Waals surface area contributed by atoms with Crippen molar-refractivity contribution in [3.8, 4) is 0 Å². The van der Waals surface area contributed by atoms with Crippen LogP contribution in [-0.2, 0) is 21.4 Å². The molecule has 162 valence electrons. The maximum Gasteiger partial charge on any atom is 0.243 e. The van der Waals surface area contributed by atoms with Gasteiger partial charge in [0.05, 0.1) is 10.9 Å². The Kier molecular flexibility index (Phi) is 7.28. The van der Waals surface area contributed by atoms with Crippen LogP contribution in [0.1, 0.15) is 37.8 Å². The van der Waals surface area contributed by atoms with Crippen molar-refractivity contribution in [3.05, 3.63) is 59.7 Å². The largest absolute Gasteiger partial charge is 0.325 e. The fraction of sp³-hybridized carbons (Fsp3) is 0.435. The molecule has 1 heterocycles. The number of likely N-dealkylation sites (tertiary alicyclic amines) is 1. The van der Waals surface area contributed by atoms with Gasteiger partial charge in [-0.2, -0.15) is 4.31 Å².